The minimum absolute atomic E-state index is 0.148. The van der Waals surface area contributed by atoms with Gasteiger partial charge in [0.15, 0.2) is 0 Å². The third kappa shape index (κ3) is 3.49. The number of carbonyl (C=O) groups is 1. The third-order valence-corrected chi connectivity index (χ3v) is 5.21. The van der Waals surface area contributed by atoms with Crippen molar-refractivity contribution in [2.75, 3.05) is 26.2 Å². The summed E-state index contributed by atoms with van der Waals surface area (Å²) in [6.07, 6.45) is 0. The number of rotatable bonds is 4. The Hall–Kier alpha value is -2.08. The van der Waals surface area contributed by atoms with Gasteiger partial charge < -0.3 is 13.9 Å². The van der Waals surface area contributed by atoms with Crippen LogP contribution in [0.5, 0.6) is 0 Å². The number of aryl methyl sites for hydroxylation is 3. The summed E-state index contributed by atoms with van der Waals surface area (Å²) in [5, 5.41) is 0. The molecule has 6 heteroatoms. The van der Waals surface area contributed by atoms with Crippen molar-refractivity contribution in [3.8, 4) is 0 Å². The Balaban J connectivity index is 1.61. The van der Waals surface area contributed by atoms with E-state index in [-0.39, 0.29) is 5.91 Å². The zero-order valence-corrected chi connectivity index (χ0v) is 15.9. The monoisotopic (exact) mass is 344 g/mol. The van der Waals surface area contributed by atoms with Crippen molar-refractivity contribution in [3.05, 3.63) is 40.4 Å². The van der Waals surface area contributed by atoms with Gasteiger partial charge in [-0.2, -0.15) is 0 Å². The van der Waals surface area contributed by atoms with Crippen LogP contribution in [-0.4, -0.2) is 51.4 Å². The molecule has 0 spiro atoms. The molecular formula is C19H28N4O2. The Morgan fingerprint density at radius 1 is 1.16 bits per heavy atom. The first kappa shape index (κ1) is 17.7. The molecule has 0 bridgehead atoms. The van der Waals surface area contributed by atoms with E-state index < -0.39 is 0 Å². The molecule has 1 aliphatic heterocycles. The maximum absolute atomic E-state index is 12.9. The summed E-state index contributed by atoms with van der Waals surface area (Å²) in [6.45, 7) is 14.9. The molecule has 2 aromatic rings. The topological polar surface area (TPSA) is 54.5 Å². The summed E-state index contributed by atoms with van der Waals surface area (Å²) in [5.41, 5.74) is 4.01. The highest BCUT2D eigenvalue weighted by molar-refractivity contribution is 5.95. The van der Waals surface area contributed by atoms with Crippen LogP contribution in [0.1, 0.15) is 46.0 Å². The highest BCUT2D eigenvalue weighted by Crippen LogP contribution is 2.19. The van der Waals surface area contributed by atoms with Gasteiger partial charge in [-0.05, 0) is 40.7 Å². The van der Waals surface area contributed by atoms with Crippen LogP contribution in [0.25, 0.3) is 0 Å². The predicted octanol–water partition coefficient (Wildman–Crippen LogP) is 2.69. The molecule has 25 heavy (non-hydrogen) atoms. The highest BCUT2D eigenvalue weighted by atomic mass is 16.4. The Labute approximate surface area is 149 Å². The number of hydrogen-bond acceptors (Lipinski definition) is 4. The number of nitrogens with zero attached hydrogens (tertiary/aromatic N) is 4. The Kier molecular flexibility index (Phi) is 4.99. The smallest absolute Gasteiger partial charge is 0.255 e. The standard InChI is InChI=1S/C19H28N4O2/c1-6-23-13(2)11-17(15(23)4)19(24)22-9-7-21(8-10-22)12-18-20-14(3)16(5)25-18/h11H,6-10,12H2,1-5H3. The Morgan fingerprint density at radius 3 is 2.36 bits per heavy atom. The number of piperazine rings is 1. The van der Waals surface area contributed by atoms with E-state index >= 15 is 0 Å². The average molecular weight is 344 g/mol. The molecule has 0 saturated carbocycles. The normalized spacial score (nSPS) is 15.8. The number of hydrogen-bond donors (Lipinski definition) is 0. The third-order valence-electron chi connectivity index (χ3n) is 5.21. The lowest BCUT2D eigenvalue weighted by Gasteiger charge is -2.34. The number of amides is 1. The molecule has 0 N–H and O–H groups in total. The van der Waals surface area contributed by atoms with Gasteiger partial charge in [-0.3, -0.25) is 9.69 Å². The first-order valence-corrected chi connectivity index (χ1v) is 9.02. The fraction of sp³-hybridized carbons (Fsp3) is 0.579. The Morgan fingerprint density at radius 2 is 1.84 bits per heavy atom. The van der Waals surface area contributed by atoms with Crippen molar-refractivity contribution in [3.63, 3.8) is 0 Å². The van der Waals surface area contributed by atoms with Gasteiger partial charge in [0.2, 0.25) is 5.89 Å². The SMILES string of the molecule is CCn1c(C)cc(C(=O)N2CCN(Cc3nc(C)c(C)o3)CC2)c1C. The first-order valence-electron chi connectivity index (χ1n) is 9.02. The molecule has 0 aromatic carbocycles. The molecule has 6 nitrogen and oxygen atoms in total. The maximum Gasteiger partial charge on any atom is 0.255 e. The minimum Gasteiger partial charge on any atom is -0.444 e. The zero-order chi connectivity index (χ0) is 18.1. The lowest BCUT2D eigenvalue weighted by atomic mass is 10.2. The minimum atomic E-state index is 0.148. The van der Waals surface area contributed by atoms with Crippen LogP contribution in [-0.2, 0) is 13.1 Å². The van der Waals surface area contributed by atoms with Gasteiger partial charge in [0.25, 0.3) is 5.91 Å². The van der Waals surface area contributed by atoms with Crippen molar-refractivity contribution in [2.45, 2.75) is 47.7 Å². The van der Waals surface area contributed by atoms with Gasteiger partial charge in [-0.1, -0.05) is 0 Å². The molecule has 0 aliphatic carbocycles. The van der Waals surface area contributed by atoms with E-state index in [1.54, 1.807) is 0 Å². The maximum atomic E-state index is 12.9. The van der Waals surface area contributed by atoms with Crippen LogP contribution in [0.2, 0.25) is 0 Å². The number of carbonyl (C=O) groups excluding carboxylic acids is 1. The lowest BCUT2D eigenvalue weighted by molar-refractivity contribution is 0.0617. The largest absolute Gasteiger partial charge is 0.444 e. The van der Waals surface area contributed by atoms with E-state index in [1.807, 2.05) is 31.7 Å². The molecule has 0 radical (unpaired) electrons. The molecule has 2 aromatic heterocycles. The van der Waals surface area contributed by atoms with Crippen LogP contribution in [0.4, 0.5) is 0 Å². The van der Waals surface area contributed by atoms with E-state index in [2.05, 4.69) is 28.3 Å². The molecule has 1 amide bonds. The summed E-state index contributed by atoms with van der Waals surface area (Å²) in [7, 11) is 0. The number of oxazole rings is 1. The molecule has 0 unspecified atom stereocenters. The van der Waals surface area contributed by atoms with E-state index in [4.69, 9.17) is 4.42 Å². The summed E-state index contributed by atoms with van der Waals surface area (Å²) in [6, 6.07) is 2.02. The molecule has 1 fully saturated rings. The molecule has 0 atom stereocenters. The van der Waals surface area contributed by atoms with Gasteiger partial charge in [0.05, 0.1) is 17.8 Å². The molecular weight excluding hydrogens is 316 g/mol. The summed E-state index contributed by atoms with van der Waals surface area (Å²) >= 11 is 0. The van der Waals surface area contributed by atoms with Crippen LogP contribution in [0.3, 0.4) is 0 Å². The summed E-state index contributed by atoms with van der Waals surface area (Å²) in [5.74, 6) is 1.80. The van der Waals surface area contributed by atoms with E-state index in [0.717, 1.165) is 67.0 Å². The molecule has 1 aliphatic rings. The van der Waals surface area contributed by atoms with Gasteiger partial charge in [0, 0.05) is 44.1 Å². The zero-order valence-electron chi connectivity index (χ0n) is 15.9. The quantitative estimate of drug-likeness (QED) is 0.856. The van der Waals surface area contributed by atoms with E-state index in [9.17, 15) is 4.79 Å². The molecule has 1 saturated heterocycles. The van der Waals surface area contributed by atoms with Crippen LogP contribution < -0.4 is 0 Å². The van der Waals surface area contributed by atoms with Crippen molar-refractivity contribution >= 4 is 5.91 Å². The summed E-state index contributed by atoms with van der Waals surface area (Å²) in [4.78, 5) is 21.6. The number of aromatic nitrogens is 2. The second-order valence-electron chi connectivity index (χ2n) is 6.85. The van der Waals surface area contributed by atoms with Crippen molar-refractivity contribution < 1.29 is 9.21 Å². The van der Waals surface area contributed by atoms with Crippen molar-refractivity contribution in [1.82, 2.24) is 19.4 Å². The van der Waals surface area contributed by atoms with Crippen molar-refractivity contribution in [2.24, 2.45) is 0 Å². The second kappa shape index (κ2) is 7.04. The highest BCUT2D eigenvalue weighted by Gasteiger charge is 2.25. The van der Waals surface area contributed by atoms with Gasteiger partial charge in [-0.25, -0.2) is 4.98 Å². The van der Waals surface area contributed by atoms with Crippen LogP contribution >= 0.6 is 0 Å². The molecule has 3 heterocycles. The van der Waals surface area contributed by atoms with Crippen LogP contribution in [0.15, 0.2) is 10.5 Å². The van der Waals surface area contributed by atoms with Gasteiger partial charge in [0.1, 0.15) is 5.76 Å². The van der Waals surface area contributed by atoms with Crippen molar-refractivity contribution in [1.29, 1.82) is 0 Å². The van der Waals surface area contributed by atoms with Gasteiger partial charge >= 0.3 is 0 Å². The van der Waals surface area contributed by atoms with Crippen LogP contribution in [0, 0.1) is 27.7 Å². The Bertz CT molecular complexity index is 747. The summed E-state index contributed by atoms with van der Waals surface area (Å²) < 4.78 is 7.86. The average Bonchev–Trinajstić information content (AvgIpc) is 3.05. The van der Waals surface area contributed by atoms with E-state index in [0.29, 0.717) is 6.54 Å². The van der Waals surface area contributed by atoms with Gasteiger partial charge in [-0.15, -0.1) is 0 Å². The van der Waals surface area contributed by atoms with E-state index in [1.165, 1.54) is 0 Å². The fourth-order valence-electron chi connectivity index (χ4n) is 3.58. The first-order chi connectivity index (χ1) is 11.9. The lowest BCUT2D eigenvalue weighted by Crippen LogP contribution is -2.48. The predicted molar refractivity (Wildman–Crippen MR) is 96.7 cm³/mol. The second-order valence-corrected chi connectivity index (χ2v) is 6.85. The molecule has 3 rings (SSSR count). The fourth-order valence-corrected chi connectivity index (χ4v) is 3.58. The molecule has 136 valence electrons.